The van der Waals surface area contributed by atoms with E-state index in [9.17, 15) is 0 Å². The molecule has 0 amide bonds. The van der Waals surface area contributed by atoms with Crippen LogP contribution in [0.1, 0.15) is 18.4 Å². The highest BCUT2D eigenvalue weighted by Crippen LogP contribution is 2.17. The second kappa shape index (κ2) is 4.90. The predicted octanol–water partition coefficient (Wildman–Crippen LogP) is 1.82. The summed E-state index contributed by atoms with van der Waals surface area (Å²) in [6.45, 7) is 3.03. The van der Waals surface area contributed by atoms with Crippen LogP contribution in [0.2, 0.25) is 0 Å². The molecule has 3 nitrogen and oxygen atoms in total. The van der Waals surface area contributed by atoms with Crippen molar-refractivity contribution in [1.82, 2.24) is 9.88 Å². The Morgan fingerprint density at radius 1 is 1.47 bits per heavy atom. The Morgan fingerprint density at radius 2 is 2.27 bits per heavy atom. The van der Waals surface area contributed by atoms with E-state index in [4.69, 9.17) is 5.26 Å². The summed E-state index contributed by atoms with van der Waals surface area (Å²) in [7, 11) is 0. The number of likely N-dealkylation sites (tertiary alicyclic amines) is 1. The van der Waals surface area contributed by atoms with E-state index < -0.39 is 0 Å². The van der Waals surface area contributed by atoms with E-state index in [1.54, 1.807) is 6.20 Å². The molecule has 0 aliphatic carbocycles. The molecule has 0 aromatic carbocycles. The molecule has 1 fully saturated rings. The minimum absolute atomic E-state index is 0.273. The van der Waals surface area contributed by atoms with E-state index >= 15 is 0 Å². The molecule has 0 saturated carbocycles. The molecular weight excluding hydrogens is 186 g/mol. The zero-order valence-corrected chi connectivity index (χ0v) is 8.76. The molecule has 2 rings (SSSR count). The lowest BCUT2D eigenvalue weighted by atomic mass is 9.98. The fourth-order valence-electron chi connectivity index (χ4n) is 1.97. The second-order valence-corrected chi connectivity index (χ2v) is 4.04. The van der Waals surface area contributed by atoms with E-state index in [0.29, 0.717) is 0 Å². The molecule has 0 atom stereocenters. The van der Waals surface area contributed by atoms with E-state index in [1.807, 2.05) is 12.3 Å². The minimum atomic E-state index is 0.273. The van der Waals surface area contributed by atoms with Gasteiger partial charge in [-0.3, -0.25) is 9.88 Å². The van der Waals surface area contributed by atoms with Crippen molar-refractivity contribution in [1.29, 1.82) is 5.26 Å². The van der Waals surface area contributed by atoms with Crippen molar-refractivity contribution in [3.8, 4) is 6.07 Å². The zero-order chi connectivity index (χ0) is 10.5. The summed E-state index contributed by atoms with van der Waals surface area (Å²) < 4.78 is 0. The number of pyridine rings is 1. The van der Waals surface area contributed by atoms with Gasteiger partial charge in [0, 0.05) is 24.9 Å². The molecule has 1 aromatic rings. The monoisotopic (exact) mass is 201 g/mol. The van der Waals surface area contributed by atoms with Gasteiger partial charge >= 0.3 is 0 Å². The van der Waals surface area contributed by atoms with Crippen LogP contribution in [0.4, 0.5) is 0 Å². The number of hydrogen-bond acceptors (Lipinski definition) is 3. The van der Waals surface area contributed by atoms with Gasteiger partial charge in [-0.1, -0.05) is 6.07 Å². The van der Waals surface area contributed by atoms with Crippen molar-refractivity contribution < 1.29 is 0 Å². The fraction of sp³-hybridized carbons (Fsp3) is 0.500. The quantitative estimate of drug-likeness (QED) is 0.732. The molecule has 78 valence electrons. The zero-order valence-electron chi connectivity index (χ0n) is 8.76. The van der Waals surface area contributed by atoms with Crippen LogP contribution in [0.5, 0.6) is 0 Å². The minimum Gasteiger partial charge on any atom is -0.299 e. The Bertz CT molecular complexity index is 334. The highest BCUT2D eigenvalue weighted by atomic mass is 15.1. The number of nitrogens with zero attached hydrogens (tertiary/aromatic N) is 3. The third-order valence-electron chi connectivity index (χ3n) is 2.90. The number of nitriles is 1. The Hall–Kier alpha value is -1.40. The van der Waals surface area contributed by atoms with Crippen molar-refractivity contribution >= 4 is 0 Å². The lowest BCUT2D eigenvalue weighted by Gasteiger charge is -2.28. The van der Waals surface area contributed by atoms with Crippen LogP contribution in [-0.4, -0.2) is 23.0 Å². The van der Waals surface area contributed by atoms with E-state index in [2.05, 4.69) is 22.0 Å². The summed E-state index contributed by atoms with van der Waals surface area (Å²) in [5.74, 6) is 0.273. The highest BCUT2D eigenvalue weighted by molar-refractivity contribution is 5.08. The van der Waals surface area contributed by atoms with E-state index in [0.717, 1.165) is 32.5 Å². The molecule has 15 heavy (non-hydrogen) atoms. The van der Waals surface area contributed by atoms with Crippen molar-refractivity contribution in [2.75, 3.05) is 13.1 Å². The molecule has 1 aromatic heterocycles. The average molecular weight is 201 g/mol. The Kier molecular flexibility index (Phi) is 3.31. The first-order chi connectivity index (χ1) is 7.38. The number of aromatic nitrogens is 1. The van der Waals surface area contributed by atoms with Crippen molar-refractivity contribution in [3.63, 3.8) is 0 Å². The molecule has 0 unspecified atom stereocenters. The molecule has 3 heteroatoms. The SMILES string of the molecule is N#CC1CCN(Cc2cccnc2)CC1. The maximum atomic E-state index is 8.79. The van der Waals surface area contributed by atoms with Crippen LogP contribution in [0, 0.1) is 17.2 Å². The lowest BCUT2D eigenvalue weighted by molar-refractivity contribution is 0.198. The van der Waals surface area contributed by atoms with Crippen LogP contribution in [-0.2, 0) is 6.54 Å². The van der Waals surface area contributed by atoms with Crippen molar-refractivity contribution in [3.05, 3.63) is 30.1 Å². The first-order valence-electron chi connectivity index (χ1n) is 5.39. The maximum Gasteiger partial charge on any atom is 0.0656 e. The van der Waals surface area contributed by atoms with E-state index in [1.165, 1.54) is 5.56 Å². The second-order valence-electron chi connectivity index (χ2n) is 4.04. The van der Waals surface area contributed by atoms with Gasteiger partial charge in [0.2, 0.25) is 0 Å². The van der Waals surface area contributed by atoms with Crippen molar-refractivity contribution in [2.45, 2.75) is 19.4 Å². The molecule has 0 N–H and O–H groups in total. The Labute approximate surface area is 90.4 Å². The third kappa shape index (κ3) is 2.77. The van der Waals surface area contributed by atoms with Gasteiger partial charge in [0.1, 0.15) is 0 Å². The normalized spacial score (nSPS) is 18.6. The first-order valence-corrected chi connectivity index (χ1v) is 5.39. The molecule has 0 spiro atoms. The van der Waals surface area contributed by atoms with Gasteiger partial charge in [-0.25, -0.2) is 0 Å². The maximum absolute atomic E-state index is 8.79. The summed E-state index contributed by atoms with van der Waals surface area (Å²) >= 11 is 0. The van der Waals surface area contributed by atoms with Crippen LogP contribution in [0.15, 0.2) is 24.5 Å². The van der Waals surface area contributed by atoms with Gasteiger partial charge < -0.3 is 0 Å². The lowest BCUT2D eigenvalue weighted by Crippen LogP contribution is -2.32. The smallest absolute Gasteiger partial charge is 0.0656 e. The number of piperidine rings is 1. The predicted molar refractivity (Wildman–Crippen MR) is 57.9 cm³/mol. The number of rotatable bonds is 2. The Morgan fingerprint density at radius 3 is 2.87 bits per heavy atom. The van der Waals surface area contributed by atoms with Gasteiger partial charge in [-0.05, 0) is 37.6 Å². The molecule has 1 saturated heterocycles. The standard InChI is InChI=1S/C12H15N3/c13-8-11-3-6-15(7-4-11)10-12-2-1-5-14-9-12/h1-2,5,9,11H,3-4,6-7,10H2. The van der Waals surface area contributed by atoms with Crippen LogP contribution >= 0.6 is 0 Å². The molecule has 1 aliphatic heterocycles. The summed E-state index contributed by atoms with van der Waals surface area (Å²) in [5, 5.41) is 8.79. The molecular formula is C12H15N3. The van der Waals surface area contributed by atoms with Crippen molar-refractivity contribution in [2.24, 2.45) is 5.92 Å². The van der Waals surface area contributed by atoms with Gasteiger partial charge in [0.15, 0.2) is 0 Å². The van der Waals surface area contributed by atoms with Crippen LogP contribution in [0.3, 0.4) is 0 Å². The highest BCUT2D eigenvalue weighted by Gasteiger charge is 2.18. The van der Waals surface area contributed by atoms with Gasteiger partial charge in [-0.15, -0.1) is 0 Å². The largest absolute Gasteiger partial charge is 0.299 e. The van der Waals surface area contributed by atoms with Crippen LogP contribution < -0.4 is 0 Å². The summed E-state index contributed by atoms with van der Waals surface area (Å²) in [5.41, 5.74) is 1.26. The van der Waals surface area contributed by atoms with Gasteiger partial charge in [0.25, 0.3) is 0 Å². The number of hydrogen-bond donors (Lipinski definition) is 0. The molecule has 0 bridgehead atoms. The third-order valence-corrected chi connectivity index (χ3v) is 2.90. The first kappa shape index (κ1) is 10.1. The topological polar surface area (TPSA) is 39.9 Å². The molecule has 0 radical (unpaired) electrons. The Balaban J connectivity index is 1.85. The van der Waals surface area contributed by atoms with E-state index in [-0.39, 0.29) is 5.92 Å². The van der Waals surface area contributed by atoms with Gasteiger partial charge in [0.05, 0.1) is 6.07 Å². The molecule has 1 aliphatic rings. The summed E-state index contributed by atoms with van der Waals surface area (Å²) in [6.07, 6.45) is 5.73. The fourth-order valence-corrected chi connectivity index (χ4v) is 1.97. The average Bonchev–Trinajstić information content (AvgIpc) is 2.31. The van der Waals surface area contributed by atoms with Crippen LogP contribution in [0.25, 0.3) is 0 Å². The molecule has 2 heterocycles. The summed E-state index contributed by atoms with van der Waals surface area (Å²) in [6, 6.07) is 6.42. The summed E-state index contributed by atoms with van der Waals surface area (Å²) in [4.78, 5) is 6.50. The van der Waals surface area contributed by atoms with Gasteiger partial charge in [-0.2, -0.15) is 5.26 Å².